The minimum atomic E-state index is -0.876. The van der Waals surface area contributed by atoms with Crippen molar-refractivity contribution in [3.8, 4) is 0 Å². The van der Waals surface area contributed by atoms with Gasteiger partial charge in [0, 0.05) is 17.2 Å². The zero-order valence-corrected chi connectivity index (χ0v) is 15.8. The van der Waals surface area contributed by atoms with Crippen molar-refractivity contribution in [2.75, 3.05) is 0 Å². The van der Waals surface area contributed by atoms with Crippen LogP contribution in [0.2, 0.25) is 5.02 Å². The van der Waals surface area contributed by atoms with Crippen LogP contribution < -0.4 is 0 Å². The van der Waals surface area contributed by atoms with E-state index in [9.17, 15) is 14.7 Å². The van der Waals surface area contributed by atoms with E-state index in [2.05, 4.69) is 6.07 Å². The van der Waals surface area contributed by atoms with Crippen LogP contribution in [-0.4, -0.2) is 21.4 Å². The summed E-state index contributed by atoms with van der Waals surface area (Å²) in [5.74, 6) is -0.921. The third kappa shape index (κ3) is 5.25. The SMILES string of the molecule is CC(=O)SC(Cc1ccc(C2CCCCC2)c(Cl)c1)C(C)C(=O)O. The predicted molar refractivity (Wildman–Crippen MR) is 99.8 cm³/mol. The molecule has 2 atom stereocenters. The predicted octanol–water partition coefficient (Wildman–Crippen LogP) is 5.30. The third-order valence-electron chi connectivity index (χ3n) is 4.81. The van der Waals surface area contributed by atoms with E-state index in [-0.39, 0.29) is 10.4 Å². The molecule has 1 aliphatic rings. The molecule has 0 aliphatic heterocycles. The number of rotatable bonds is 6. The number of carbonyl (C=O) groups is 2. The first-order chi connectivity index (χ1) is 11.4. The molecule has 0 radical (unpaired) electrons. The highest BCUT2D eigenvalue weighted by atomic mass is 35.5. The standard InChI is InChI=1S/C19H25ClO3S/c1-12(19(22)23)18(24-13(2)21)11-14-8-9-16(17(20)10-14)15-6-4-3-5-7-15/h8-10,12,15,18H,3-7,11H2,1-2H3,(H,22,23). The van der Waals surface area contributed by atoms with E-state index in [1.54, 1.807) is 6.92 Å². The molecule has 0 aromatic heterocycles. The highest BCUT2D eigenvalue weighted by molar-refractivity contribution is 8.14. The summed E-state index contributed by atoms with van der Waals surface area (Å²) < 4.78 is 0. The lowest BCUT2D eigenvalue weighted by atomic mass is 9.83. The zero-order valence-electron chi connectivity index (χ0n) is 14.3. The molecular formula is C19H25ClO3S. The molecule has 0 bridgehead atoms. The average Bonchev–Trinajstić information content (AvgIpc) is 2.54. The molecule has 0 amide bonds. The molecule has 132 valence electrons. The van der Waals surface area contributed by atoms with E-state index in [0.717, 1.165) is 22.3 Å². The Morgan fingerprint density at radius 3 is 2.50 bits per heavy atom. The maximum absolute atomic E-state index is 11.4. The van der Waals surface area contributed by atoms with Crippen LogP contribution >= 0.6 is 23.4 Å². The summed E-state index contributed by atoms with van der Waals surface area (Å²) >= 11 is 7.61. The van der Waals surface area contributed by atoms with Crippen LogP contribution in [0.25, 0.3) is 0 Å². The molecule has 0 heterocycles. The Morgan fingerprint density at radius 2 is 1.96 bits per heavy atom. The van der Waals surface area contributed by atoms with Gasteiger partial charge in [0.25, 0.3) is 0 Å². The second-order valence-electron chi connectivity index (χ2n) is 6.67. The van der Waals surface area contributed by atoms with Gasteiger partial charge in [-0.1, -0.05) is 61.7 Å². The summed E-state index contributed by atoms with van der Waals surface area (Å²) in [6, 6.07) is 6.08. The van der Waals surface area contributed by atoms with Crippen LogP contribution in [-0.2, 0) is 16.0 Å². The largest absolute Gasteiger partial charge is 0.481 e. The number of carbonyl (C=O) groups excluding carboxylic acids is 1. The molecular weight excluding hydrogens is 344 g/mol. The first-order valence-electron chi connectivity index (χ1n) is 8.57. The molecule has 1 aliphatic carbocycles. The van der Waals surface area contributed by atoms with Gasteiger partial charge >= 0.3 is 5.97 Å². The van der Waals surface area contributed by atoms with E-state index in [0.29, 0.717) is 12.3 Å². The third-order valence-corrected chi connectivity index (χ3v) is 6.35. The molecule has 0 saturated heterocycles. The fourth-order valence-corrected chi connectivity index (χ4v) is 4.75. The Kier molecular flexibility index (Phi) is 7.17. The van der Waals surface area contributed by atoms with Crippen molar-refractivity contribution in [1.29, 1.82) is 0 Å². The highest BCUT2D eigenvalue weighted by Crippen LogP contribution is 2.37. The number of halogens is 1. The van der Waals surface area contributed by atoms with Crippen LogP contribution in [0.5, 0.6) is 0 Å². The van der Waals surface area contributed by atoms with Crippen molar-refractivity contribution in [3.63, 3.8) is 0 Å². The fourth-order valence-electron chi connectivity index (χ4n) is 3.37. The van der Waals surface area contributed by atoms with Gasteiger partial charge in [0.2, 0.25) is 0 Å². The number of carboxylic acid groups (broad SMARTS) is 1. The van der Waals surface area contributed by atoms with Gasteiger partial charge in [0.1, 0.15) is 0 Å². The highest BCUT2D eigenvalue weighted by Gasteiger charge is 2.26. The van der Waals surface area contributed by atoms with E-state index < -0.39 is 11.9 Å². The number of aliphatic carboxylic acids is 1. The molecule has 1 fully saturated rings. The van der Waals surface area contributed by atoms with Gasteiger partial charge in [-0.25, -0.2) is 0 Å². The van der Waals surface area contributed by atoms with E-state index in [4.69, 9.17) is 11.6 Å². The first kappa shape index (κ1) is 19.3. The van der Waals surface area contributed by atoms with Crippen molar-refractivity contribution in [1.82, 2.24) is 0 Å². The van der Waals surface area contributed by atoms with E-state index in [1.807, 2.05) is 12.1 Å². The van der Waals surface area contributed by atoms with Crippen molar-refractivity contribution in [2.24, 2.45) is 5.92 Å². The number of carboxylic acids is 1. The second-order valence-corrected chi connectivity index (χ2v) is 8.49. The van der Waals surface area contributed by atoms with Crippen LogP contribution in [0.1, 0.15) is 63.0 Å². The molecule has 1 saturated carbocycles. The zero-order chi connectivity index (χ0) is 17.7. The topological polar surface area (TPSA) is 54.4 Å². The normalized spacial score (nSPS) is 18.1. The lowest BCUT2D eigenvalue weighted by Crippen LogP contribution is -2.26. The summed E-state index contributed by atoms with van der Waals surface area (Å²) in [5, 5.41) is 9.70. The first-order valence-corrected chi connectivity index (χ1v) is 9.82. The Bertz CT molecular complexity index is 596. The number of thioether (sulfide) groups is 1. The molecule has 24 heavy (non-hydrogen) atoms. The number of benzene rings is 1. The second kappa shape index (κ2) is 8.91. The maximum Gasteiger partial charge on any atom is 0.307 e. The fraction of sp³-hybridized carbons (Fsp3) is 0.579. The van der Waals surface area contributed by atoms with Gasteiger partial charge in [-0.15, -0.1) is 0 Å². The van der Waals surface area contributed by atoms with Crippen molar-refractivity contribution >= 4 is 34.4 Å². The molecule has 2 rings (SSSR count). The Hall–Kier alpha value is -1.00. The molecule has 2 unspecified atom stereocenters. The van der Waals surface area contributed by atoms with Crippen molar-refractivity contribution in [2.45, 2.75) is 63.5 Å². The number of hydrogen-bond donors (Lipinski definition) is 1. The molecule has 1 aromatic rings. The molecule has 3 nitrogen and oxygen atoms in total. The van der Waals surface area contributed by atoms with Gasteiger partial charge in [0.15, 0.2) is 5.12 Å². The minimum absolute atomic E-state index is 0.0574. The van der Waals surface area contributed by atoms with E-state index in [1.165, 1.54) is 44.6 Å². The Labute approximate surface area is 153 Å². The van der Waals surface area contributed by atoms with Gasteiger partial charge in [-0.05, 0) is 42.4 Å². The lowest BCUT2D eigenvalue weighted by Gasteiger charge is -2.24. The Morgan fingerprint density at radius 1 is 1.29 bits per heavy atom. The van der Waals surface area contributed by atoms with Gasteiger partial charge in [0.05, 0.1) is 5.92 Å². The monoisotopic (exact) mass is 368 g/mol. The Balaban J connectivity index is 2.13. The van der Waals surface area contributed by atoms with E-state index >= 15 is 0 Å². The van der Waals surface area contributed by atoms with Gasteiger partial charge in [-0.3, -0.25) is 9.59 Å². The quantitative estimate of drug-likeness (QED) is 0.740. The average molecular weight is 369 g/mol. The smallest absolute Gasteiger partial charge is 0.307 e. The number of hydrogen-bond acceptors (Lipinski definition) is 3. The van der Waals surface area contributed by atoms with Crippen LogP contribution in [0.4, 0.5) is 0 Å². The summed E-state index contributed by atoms with van der Waals surface area (Å²) in [6.45, 7) is 3.13. The molecule has 1 aromatic carbocycles. The summed E-state index contributed by atoms with van der Waals surface area (Å²) in [6.07, 6.45) is 6.74. The summed E-state index contributed by atoms with van der Waals surface area (Å²) in [5.41, 5.74) is 2.20. The maximum atomic E-state index is 11.4. The molecule has 0 spiro atoms. The van der Waals surface area contributed by atoms with Crippen LogP contribution in [0.15, 0.2) is 18.2 Å². The molecule has 1 N–H and O–H groups in total. The van der Waals surface area contributed by atoms with Gasteiger partial charge < -0.3 is 5.11 Å². The van der Waals surface area contributed by atoms with Crippen molar-refractivity contribution in [3.05, 3.63) is 34.3 Å². The summed E-state index contributed by atoms with van der Waals surface area (Å²) in [4.78, 5) is 22.7. The van der Waals surface area contributed by atoms with Crippen LogP contribution in [0, 0.1) is 5.92 Å². The minimum Gasteiger partial charge on any atom is -0.481 e. The van der Waals surface area contributed by atoms with Crippen LogP contribution in [0.3, 0.4) is 0 Å². The lowest BCUT2D eigenvalue weighted by molar-refractivity contribution is -0.141. The van der Waals surface area contributed by atoms with Gasteiger partial charge in [-0.2, -0.15) is 0 Å². The molecule has 5 heteroatoms. The summed E-state index contributed by atoms with van der Waals surface area (Å²) in [7, 11) is 0. The van der Waals surface area contributed by atoms with Crippen molar-refractivity contribution < 1.29 is 14.7 Å².